The molecule has 0 aliphatic rings. The van der Waals surface area contributed by atoms with E-state index >= 15 is 0 Å². The third-order valence-electron chi connectivity index (χ3n) is 3.06. The van der Waals surface area contributed by atoms with Crippen molar-refractivity contribution in [3.63, 3.8) is 0 Å². The van der Waals surface area contributed by atoms with Gasteiger partial charge in [-0.2, -0.15) is 0 Å². The molecule has 0 radical (unpaired) electrons. The molecule has 0 unspecified atom stereocenters. The van der Waals surface area contributed by atoms with Crippen molar-refractivity contribution in [3.05, 3.63) is 65.2 Å². The number of benzene rings is 2. The molecular formula is C18H19ClO2. The van der Waals surface area contributed by atoms with Gasteiger partial charge in [0.15, 0.2) is 0 Å². The average Bonchev–Trinajstić information content (AvgIpc) is 2.52. The molecule has 0 aliphatic carbocycles. The Kier molecular flexibility index (Phi) is 5.70. The quantitative estimate of drug-likeness (QED) is 0.738. The zero-order valence-corrected chi connectivity index (χ0v) is 13.1. The van der Waals surface area contributed by atoms with Crippen LogP contribution in [0.3, 0.4) is 0 Å². The molecule has 0 N–H and O–H groups in total. The first-order valence-electron chi connectivity index (χ1n) is 7.05. The van der Waals surface area contributed by atoms with E-state index in [1.807, 2.05) is 62.4 Å². The van der Waals surface area contributed by atoms with E-state index < -0.39 is 0 Å². The number of rotatable bonds is 6. The van der Waals surface area contributed by atoms with Crippen LogP contribution in [0.1, 0.15) is 25.0 Å². The molecule has 2 aromatic rings. The normalized spacial score (nSPS) is 10.0. The lowest BCUT2D eigenvalue weighted by atomic mass is 9.99. The molecule has 21 heavy (non-hydrogen) atoms. The van der Waals surface area contributed by atoms with Crippen molar-refractivity contribution in [1.82, 2.24) is 0 Å². The Hall–Kier alpha value is -1.93. The largest absolute Gasteiger partial charge is 0.494 e. The standard InChI is InChI=1S/C18H19ClO2/c1-3-20-16-9-5-14(6-10-16)18(13-19)15-7-11-17(12-8-15)21-4-2/h5-13H,3-4H2,1-2H3. The molecule has 0 fully saturated rings. The summed E-state index contributed by atoms with van der Waals surface area (Å²) in [7, 11) is 0. The van der Waals surface area contributed by atoms with Gasteiger partial charge in [-0.25, -0.2) is 0 Å². The Morgan fingerprint density at radius 2 is 1.19 bits per heavy atom. The van der Waals surface area contributed by atoms with E-state index in [1.54, 1.807) is 5.54 Å². The second-order valence-corrected chi connectivity index (χ2v) is 4.66. The molecule has 0 amide bonds. The van der Waals surface area contributed by atoms with Gasteiger partial charge in [0.1, 0.15) is 11.5 Å². The highest BCUT2D eigenvalue weighted by Crippen LogP contribution is 2.27. The van der Waals surface area contributed by atoms with Gasteiger partial charge < -0.3 is 9.47 Å². The number of ether oxygens (including phenoxy) is 2. The molecule has 0 atom stereocenters. The minimum Gasteiger partial charge on any atom is -0.494 e. The fraction of sp³-hybridized carbons (Fsp3) is 0.222. The summed E-state index contributed by atoms with van der Waals surface area (Å²) < 4.78 is 10.9. The summed E-state index contributed by atoms with van der Waals surface area (Å²) in [6, 6.07) is 15.8. The first-order chi connectivity index (χ1) is 10.3. The van der Waals surface area contributed by atoms with E-state index in [9.17, 15) is 0 Å². The smallest absolute Gasteiger partial charge is 0.119 e. The minimum absolute atomic E-state index is 0.663. The lowest BCUT2D eigenvalue weighted by molar-refractivity contribution is 0.340. The summed E-state index contributed by atoms with van der Waals surface area (Å²) in [5.74, 6) is 1.73. The van der Waals surface area contributed by atoms with Crippen molar-refractivity contribution < 1.29 is 9.47 Å². The van der Waals surface area contributed by atoms with Gasteiger partial charge in [0.2, 0.25) is 0 Å². The molecule has 0 bridgehead atoms. The molecule has 0 saturated carbocycles. The molecule has 0 heterocycles. The Balaban J connectivity index is 2.22. The maximum atomic E-state index is 6.01. The molecule has 0 aliphatic heterocycles. The monoisotopic (exact) mass is 302 g/mol. The summed E-state index contributed by atoms with van der Waals surface area (Å²) in [5.41, 5.74) is 4.68. The van der Waals surface area contributed by atoms with Crippen LogP contribution in [-0.4, -0.2) is 13.2 Å². The lowest BCUT2D eigenvalue weighted by Crippen LogP contribution is -1.93. The lowest BCUT2D eigenvalue weighted by Gasteiger charge is -2.10. The SMILES string of the molecule is CCOc1ccc(C(=CCl)c2ccc(OCC)cc2)cc1. The van der Waals surface area contributed by atoms with Crippen molar-refractivity contribution >= 4 is 17.2 Å². The third-order valence-corrected chi connectivity index (χ3v) is 3.28. The van der Waals surface area contributed by atoms with E-state index in [4.69, 9.17) is 21.1 Å². The van der Waals surface area contributed by atoms with Crippen molar-refractivity contribution in [3.8, 4) is 11.5 Å². The molecule has 0 spiro atoms. The van der Waals surface area contributed by atoms with E-state index in [1.165, 1.54) is 0 Å². The van der Waals surface area contributed by atoms with E-state index in [0.29, 0.717) is 13.2 Å². The predicted octanol–water partition coefficient (Wildman–Crippen LogP) is 5.11. The van der Waals surface area contributed by atoms with Gasteiger partial charge in [-0.15, -0.1) is 0 Å². The van der Waals surface area contributed by atoms with Crippen LogP contribution in [0.2, 0.25) is 0 Å². The average molecular weight is 303 g/mol. The van der Waals surface area contributed by atoms with Crippen LogP contribution in [-0.2, 0) is 0 Å². The highest BCUT2D eigenvalue weighted by atomic mass is 35.5. The molecule has 0 saturated heterocycles. The fourth-order valence-corrected chi connectivity index (χ4v) is 2.34. The zero-order chi connectivity index (χ0) is 15.1. The van der Waals surface area contributed by atoms with E-state index in [2.05, 4.69) is 0 Å². The molecular weight excluding hydrogens is 284 g/mol. The summed E-state index contributed by atoms with van der Waals surface area (Å²) in [6.45, 7) is 5.27. The van der Waals surface area contributed by atoms with Gasteiger partial charge in [-0.3, -0.25) is 0 Å². The minimum atomic E-state index is 0.663. The number of halogens is 1. The highest BCUT2D eigenvalue weighted by Gasteiger charge is 2.05. The second kappa shape index (κ2) is 7.75. The number of hydrogen-bond acceptors (Lipinski definition) is 2. The Morgan fingerprint density at radius 1 is 0.810 bits per heavy atom. The van der Waals surface area contributed by atoms with E-state index in [-0.39, 0.29) is 0 Å². The Labute approximate surface area is 131 Å². The van der Waals surface area contributed by atoms with Gasteiger partial charge in [0.05, 0.1) is 13.2 Å². The van der Waals surface area contributed by atoms with Crippen LogP contribution in [0.25, 0.3) is 5.57 Å². The van der Waals surface area contributed by atoms with Crippen molar-refractivity contribution in [2.24, 2.45) is 0 Å². The van der Waals surface area contributed by atoms with Crippen LogP contribution < -0.4 is 9.47 Å². The van der Waals surface area contributed by atoms with Crippen LogP contribution in [0, 0.1) is 0 Å². The first kappa shape index (κ1) is 15.5. The third kappa shape index (κ3) is 4.02. The zero-order valence-electron chi connectivity index (χ0n) is 12.3. The fourth-order valence-electron chi connectivity index (χ4n) is 2.09. The Bertz CT molecular complexity index is 534. The van der Waals surface area contributed by atoms with Gasteiger partial charge in [-0.1, -0.05) is 35.9 Å². The van der Waals surface area contributed by atoms with Crippen molar-refractivity contribution in [2.45, 2.75) is 13.8 Å². The second-order valence-electron chi connectivity index (χ2n) is 4.44. The molecule has 2 aromatic carbocycles. The highest BCUT2D eigenvalue weighted by molar-refractivity contribution is 6.29. The van der Waals surface area contributed by atoms with Crippen molar-refractivity contribution in [2.75, 3.05) is 13.2 Å². The summed E-state index contributed by atoms with van der Waals surface area (Å²) in [6.07, 6.45) is 0. The Morgan fingerprint density at radius 3 is 1.48 bits per heavy atom. The molecule has 110 valence electrons. The van der Waals surface area contributed by atoms with Crippen LogP contribution in [0.4, 0.5) is 0 Å². The van der Waals surface area contributed by atoms with Gasteiger partial charge in [0.25, 0.3) is 0 Å². The maximum Gasteiger partial charge on any atom is 0.119 e. The molecule has 2 nitrogen and oxygen atoms in total. The molecule has 0 aromatic heterocycles. The summed E-state index contributed by atoms with van der Waals surface area (Å²) in [4.78, 5) is 0. The van der Waals surface area contributed by atoms with Gasteiger partial charge >= 0.3 is 0 Å². The summed E-state index contributed by atoms with van der Waals surface area (Å²) >= 11 is 6.01. The van der Waals surface area contributed by atoms with Crippen LogP contribution in [0.15, 0.2) is 54.1 Å². The van der Waals surface area contributed by atoms with Crippen LogP contribution in [0.5, 0.6) is 11.5 Å². The predicted molar refractivity (Wildman–Crippen MR) is 88.2 cm³/mol. The van der Waals surface area contributed by atoms with Gasteiger partial charge in [0, 0.05) is 11.1 Å². The first-order valence-corrected chi connectivity index (χ1v) is 7.49. The van der Waals surface area contributed by atoms with E-state index in [0.717, 1.165) is 28.2 Å². The maximum absolute atomic E-state index is 6.01. The topological polar surface area (TPSA) is 18.5 Å². The number of hydrogen-bond donors (Lipinski definition) is 0. The molecule has 2 rings (SSSR count). The van der Waals surface area contributed by atoms with Gasteiger partial charge in [-0.05, 0) is 49.2 Å². The van der Waals surface area contributed by atoms with Crippen LogP contribution >= 0.6 is 11.6 Å². The molecule has 3 heteroatoms. The summed E-state index contributed by atoms with van der Waals surface area (Å²) in [5, 5.41) is 0. The van der Waals surface area contributed by atoms with Crippen molar-refractivity contribution in [1.29, 1.82) is 0 Å².